The third-order valence-electron chi connectivity index (χ3n) is 3.79. The molecule has 1 atom stereocenters. The molecule has 0 amide bonds. The van der Waals surface area contributed by atoms with Gasteiger partial charge in [0, 0.05) is 25.4 Å². The van der Waals surface area contributed by atoms with Crippen LogP contribution < -0.4 is 5.32 Å². The molecular formula is C15H21NO3S. The molecule has 1 aromatic carbocycles. The molecule has 1 N–H and O–H groups in total. The number of hydrogen-bond acceptors (Lipinski definition) is 4. The lowest BCUT2D eigenvalue weighted by Crippen LogP contribution is -2.46. The van der Waals surface area contributed by atoms with Gasteiger partial charge in [-0.25, -0.2) is 8.42 Å². The Balaban J connectivity index is 1.99. The Morgan fingerprint density at radius 1 is 1.30 bits per heavy atom. The van der Waals surface area contributed by atoms with Gasteiger partial charge in [-0.2, -0.15) is 0 Å². The molecule has 1 unspecified atom stereocenters. The third-order valence-corrected chi connectivity index (χ3v) is 5.53. The first-order valence-electron chi connectivity index (χ1n) is 6.88. The van der Waals surface area contributed by atoms with E-state index < -0.39 is 9.84 Å². The van der Waals surface area contributed by atoms with Crippen molar-refractivity contribution in [3.63, 3.8) is 0 Å². The summed E-state index contributed by atoms with van der Waals surface area (Å²) in [6, 6.07) is 5.75. The first-order valence-corrected chi connectivity index (χ1v) is 8.70. The highest BCUT2D eigenvalue weighted by Crippen LogP contribution is 2.16. The molecule has 1 aromatic rings. The molecule has 4 nitrogen and oxygen atoms in total. The van der Waals surface area contributed by atoms with Crippen molar-refractivity contribution in [3.05, 3.63) is 34.9 Å². The Morgan fingerprint density at radius 3 is 2.55 bits per heavy atom. The first kappa shape index (κ1) is 15.2. The average Bonchev–Trinajstić information content (AvgIpc) is 2.33. The molecule has 0 saturated carbocycles. The summed E-state index contributed by atoms with van der Waals surface area (Å²) in [7, 11) is -2.98. The van der Waals surface area contributed by atoms with Gasteiger partial charge >= 0.3 is 0 Å². The van der Waals surface area contributed by atoms with E-state index in [2.05, 4.69) is 5.32 Å². The number of benzene rings is 1. The number of rotatable bonds is 4. The number of aryl methyl sites for hydroxylation is 2. The largest absolute Gasteiger partial charge is 0.312 e. The molecular weight excluding hydrogens is 274 g/mol. The standard InChI is InChI=1S/C15H21NO3S/c1-11-4-3-5-12(2)15(11)9-14(17)8-13-10-20(18,19)7-6-16-13/h3-5,13,16H,6-10H2,1-2H3. The van der Waals surface area contributed by atoms with E-state index in [0.717, 1.165) is 16.7 Å². The number of sulfone groups is 1. The van der Waals surface area contributed by atoms with Crippen molar-refractivity contribution in [2.45, 2.75) is 32.7 Å². The third kappa shape index (κ3) is 3.90. The highest BCUT2D eigenvalue weighted by molar-refractivity contribution is 7.91. The van der Waals surface area contributed by atoms with Gasteiger partial charge in [0.15, 0.2) is 9.84 Å². The predicted molar refractivity (Wildman–Crippen MR) is 79.7 cm³/mol. The molecule has 0 radical (unpaired) electrons. The van der Waals surface area contributed by atoms with Crippen molar-refractivity contribution in [2.75, 3.05) is 18.1 Å². The summed E-state index contributed by atoms with van der Waals surface area (Å²) in [5, 5.41) is 3.12. The highest BCUT2D eigenvalue weighted by atomic mass is 32.2. The predicted octanol–water partition coefficient (Wildman–Crippen LogP) is 1.19. The quantitative estimate of drug-likeness (QED) is 0.906. The topological polar surface area (TPSA) is 63.2 Å². The smallest absolute Gasteiger partial charge is 0.153 e. The molecule has 0 spiro atoms. The molecule has 1 aliphatic heterocycles. The van der Waals surface area contributed by atoms with Crippen LogP contribution in [0.25, 0.3) is 0 Å². The number of nitrogens with one attached hydrogen (secondary N) is 1. The molecule has 0 bridgehead atoms. The van der Waals surface area contributed by atoms with Gasteiger partial charge in [0.2, 0.25) is 0 Å². The van der Waals surface area contributed by atoms with Crippen molar-refractivity contribution in [2.24, 2.45) is 0 Å². The minimum atomic E-state index is -2.98. The van der Waals surface area contributed by atoms with Crippen molar-refractivity contribution in [1.29, 1.82) is 0 Å². The fraction of sp³-hybridized carbons (Fsp3) is 0.533. The van der Waals surface area contributed by atoms with Gasteiger partial charge in [0.25, 0.3) is 0 Å². The summed E-state index contributed by atoms with van der Waals surface area (Å²) in [5.74, 6) is 0.345. The molecule has 1 fully saturated rings. The molecule has 1 aliphatic rings. The Morgan fingerprint density at radius 2 is 1.95 bits per heavy atom. The van der Waals surface area contributed by atoms with Gasteiger partial charge in [0.1, 0.15) is 5.78 Å². The Hall–Kier alpha value is -1.20. The first-order chi connectivity index (χ1) is 9.37. The van der Waals surface area contributed by atoms with E-state index in [-0.39, 0.29) is 29.8 Å². The molecule has 20 heavy (non-hydrogen) atoms. The lowest BCUT2D eigenvalue weighted by Gasteiger charge is -2.23. The molecule has 1 heterocycles. The van der Waals surface area contributed by atoms with Crippen LogP contribution in [0.2, 0.25) is 0 Å². The Kier molecular flexibility index (Phi) is 4.60. The van der Waals surface area contributed by atoms with Crippen LogP contribution in [-0.2, 0) is 21.1 Å². The number of Topliss-reactive ketones (excluding diaryl/α,β-unsaturated/α-hetero) is 1. The zero-order chi connectivity index (χ0) is 14.8. The fourth-order valence-electron chi connectivity index (χ4n) is 2.67. The molecule has 1 saturated heterocycles. The van der Waals surface area contributed by atoms with E-state index >= 15 is 0 Å². The maximum Gasteiger partial charge on any atom is 0.153 e. The minimum Gasteiger partial charge on any atom is -0.312 e. The zero-order valence-electron chi connectivity index (χ0n) is 12.0. The molecule has 0 aromatic heterocycles. The van der Waals surface area contributed by atoms with Gasteiger partial charge in [-0.1, -0.05) is 18.2 Å². The van der Waals surface area contributed by atoms with Gasteiger partial charge in [0.05, 0.1) is 11.5 Å². The maximum atomic E-state index is 12.2. The Bertz CT molecular complexity index is 587. The monoisotopic (exact) mass is 295 g/mol. The molecule has 5 heteroatoms. The molecule has 0 aliphatic carbocycles. The van der Waals surface area contributed by atoms with Crippen LogP contribution in [-0.4, -0.2) is 38.3 Å². The maximum absolute atomic E-state index is 12.2. The second-order valence-electron chi connectivity index (χ2n) is 5.56. The summed E-state index contributed by atoms with van der Waals surface area (Å²) < 4.78 is 23.1. The number of hydrogen-bond donors (Lipinski definition) is 1. The van der Waals surface area contributed by atoms with Crippen molar-refractivity contribution in [1.82, 2.24) is 5.32 Å². The Labute approximate surface area is 120 Å². The van der Waals surface area contributed by atoms with E-state index in [0.29, 0.717) is 13.0 Å². The van der Waals surface area contributed by atoms with Crippen LogP contribution in [0.4, 0.5) is 0 Å². The number of ketones is 1. The van der Waals surface area contributed by atoms with E-state index in [4.69, 9.17) is 0 Å². The SMILES string of the molecule is Cc1cccc(C)c1CC(=O)CC1CS(=O)(=O)CCN1. The van der Waals surface area contributed by atoms with Gasteiger partial charge in [-0.05, 0) is 30.5 Å². The van der Waals surface area contributed by atoms with Crippen molar-refractivity contribution >= 4 is 15.6 Å². The van der Waals surface area contributed by atoms with Crippen LogP contribution in [0.5, 0.6) is 0 Å². The minimum absolute atomic E-state index is 0.0749. The van der Waals surface area contributed by atoms with Gasteiger partial charge in [-0.15, -0.1) is 0 Å². The van der Waals surface area contributed by atoms with Gasteiger partial charge in [-0.3, -0.25) is 4.79 Å². The fourth-order valence-corrected chi connectivity index (χ4v) is 4.11. The zero-order valence-corrected chi connectivity index (χ0v) is 12.8. The number of carbonyl (C=O) groups excluding carboxylic acids is 1. The van der Waals surface area contributed by atoms with Crippen molar-refractivity contribution < 1.29 is 13.2 Å². The molecule has 110 valence electrons. The van der Waals surface area contributed by atoms with E-state index in [1.165, 1.54) is 0 Å². The van der Waals surface area contributed by atoms with E-state index in [1.807, 2.05) is 32.0 Å². The number of carbonyl (C=O) groups is 1. The molecule has 2 rings (SSSR count). The second-order valence-corrected chi connectivity index (χ2v) is 7.78. The summed E-state index contributed by atoms with van der Waals surface area (Å²) in [6.07, 6.45) is 0.670. The van der Waals surface area contributed by atoms with Gasteiger partial charge < -0.3 is 5.32 Å². The summed E-state index contributed by atoms with van der Waals surface area (Å²) in [5.41, 5.74) is 3.29. The normalized spacial score (nSPS) is 21.6. The summed E-state index contributed by atoms with van der Waals surface area (Å²) in [4.78, 5) is 12.2. The van der Waals surface area contributed by atoms with E-state index in [1.54, 1.807) is 0 Å². The average molecular weight is 295 g/mol. The lowest BCUT2D eigenvalue weighted by atomic mass is 9.96. The van der Waals surface area contributed by atoms with Crippen LogP contribution in [0, 0.1) is 13.8 Å². The van der Waals surface area contributed by atoms with E-state index in [9.17, 15) is 13.2 Å². The summed E-state index contributed by atoms with van der Waals surface area (Å²) in [6.45, 7) is 4.45. The second kappa shape index (κ2) is 6.06. The van der Waals surface area contributed by atoms with Crippen LogP contribution in [0.15, 0.2) is 18.2 Å². The summed E-state index contributed by atoms with van der Waals surface area (Å²) >= 11 is 0. The van der Waals surface area contributed by atoms with Crippen LogP contribution >= 0.6 is 0 Å². The van der Waals surface area contributed by atoms with Crippen LogP contribution in [0.3, 0.4) is 0 Å². The highest BCUT2D eigenvalue weighted by Gasteiger charge is 2.26. The van der Waals surface area contributed by atoms with Crippen LogP contribution in [0.1, 0.15) is 23.1 Å². The lowest BCUT2D eigenvalue weighted by molar-refractivity contribution is -0.118. The van der Waals surface area contributed by atoms with Crippen molar-refractivity contribution in [3.8, 4) is 0 Å².